The van der Waals surface area contributed by atoms with E-state index in [4.69, 9.17) is 5.26 Å². The first-order valence-electron chi connectivity index (χ1n) is 6.06. The lowest BCUT2D eigenvalue weighted by Gasteiger charge is -2.22. The van der Waals surface area contributed by atoms with Crippen molar-refractivity contribution in [2.75, 3.05) is 5.32 Å². The maximum Gasteiger partial charge on any atom is 0.230 e. The third kappa shape index (κ3) is 2.35. The highest BCUT2D eigenvalue weighted by molar-refractivity contribution is 5.95. The fraction of sp³-hybridized carbons (Fsp3) is 0.429. The number of nitriles is 1. The fourth-order valence-electron chi connectivity index (χ4n) is 2.34. The predicted octanol–water partition coefficient (Wildman–Crippen LogP) is 3.22. The van der Waals surface area contributed by atoms with Crippen LogP contribution in [0.3, 0.4) is 0 Å². The summed E-state index contributed by atoms with van der Waals surface area (Å²) in [7, 11) is 0. The molecule has 0 atom stereocenters. The van der Waals surface area contributed by atoms with Gasteiger partial charge in [0.25, 0.3) is 0 Å². The van der Waals surface area contributed by atoms with E-state index in [1.54, 1.807) is 0 Å². The SMILES string of the molecule is CC1(C(=O)Nc2ccc(C#N)cc2F)CCCC1. The second kappa shape index (κ2) is 4.77. The lowest BCUT2D eigenvalue weighted by atomic mass is 9.88. The van der Waals surface area contributed by atoms with Crippen LogP contribution in [0, 0.1) is 22.6 Å². The Kier molecular flexibility index (Phi) is 3.33. The topological polar surface area (TPSA) is 52.9 Å². The molecule has 1 fully saturated rings. The highest BCUT2D eigenvalue weighted by Gasteiger charge is 2.36. The number of carbonyl (C=O) groups is 1. The Labute approximate surface area is 106 Å². The van der Waals surface area contributed by atoms with Crippen molar-refractivity contribution in [2.45, 2.75) is 32.6 Å². The van der Waals surface area contributed by atoms with Crippen molar-refractivity contribution in [2.24, 2.45) is 5.41 Å². The molecule has 1 aromatic carbocycles. The molecule has 18 heavy (non-hydrogen) atoms. The predicted molar refractivity (Wildman–Crippen MR) is 66.3 cm³/mol. The molecule has 1 N–H and O–H groups in total. The Morgan fingerprint density at radius 2 is 2.11 bits per heavy atom. The van der Waals surface area contributed by atoms with E-state index in [1.807, 2.05) is 13.0 Å². The van der Waals surface area contributed by atoms with Crippen molar-refractivity contribution in [3.05, 3.63) is 29.6 Å². The molecular weight excluding hydrogens is 231 g/mol. The summed E-state index contributed by atoms with van der Waals surface area (Å²) in [5.74, 6) is -0.701. The summed E-state index contributed by atoms with van der Waals surface area (Å²) < 4.78 is 13.6. The Morgan fingerprint density at radius 3 is 2.67 bits per heavy atom. The van der Waals surface area contributed by atoms with Gasteiger partial charge in [-0.3, -0.25) is 4.79 Å². The zero-order chi connectivity index (χ0) is 13.2. The van der Waals surface area contributed by atoms with Crippen LogP contribution in [-0.2, 0) is 4.79 Å². The molecule has 0 spiro atoms. The van der Waals surface area contributed by atoms with Crippen molar-refractivity contribution in [1.82, 2.24) is 0 Å². The molecule has 1 saturated carbocycles. The van der Waals surface area contributed by atoms with Gasteiger partial charge in [-0.15, -0.1) is 0 Å². The van der Waals surface area contributed by atoms with Crippen molar-refractivity contribution in [1.29, 1.82) is 5.26 Å². The van der Waals surface area contributed by atoms with E-state index in [-0.39, 0.29) is 22.6 Å². The van der Waals surface area contributed by atoms with Crippen LogP contribution in [0.15, 0.2) is 18.2 Å². The first-order valence-corrected chi connectivity index (χ1v) is 6.06. The van der Waals surface area contributed by atoms with Crippen LogP contribution in [0.1, 0.15) is 38.2 Å². The first-order chi connectivity index (χ1) is 8.55. The maximum absolute atomic E-state index is 13.6. The van der Waals surface area contributed by atoms with Gasteiger partial charge in [0, 0.05) is 5.41 Å². The molecule has 1 aliphatic rings. The Bertz CT molecular complexity index is 513. The minimum atomic E-state index is -0.566. The van der Waals surface area contributed by atoms with Crippen molar-refractivity contribution in [3.63, 3.8) is 0 Å². The molecule has 4 heteroatoms. The van der Waals surface area contributed by atoms with Gasteiger partial charge in [-0.05, 0) is 31.0 Å². The van der Waals surface area contributed by atoms with Crippen molar-refractivity contribution in [3.8, 4) is 6.07 Å². The van der Waals surface area contributed by atoms with Crippen LogP contribution in [0.2, 0.25) is 0 Å². The largest absolute Gasteiger partial charge is 0.323 e. The van der Waals surface area contributed by atoms with Gasteiger partial charge in [0.1, 0.15) is 5.82 Å². The molecule has 1 aliphatic carbocycles. The highest BCUT2D eigenvalue weighted by atomic mass is 19.1. The van der Waals surface area contributed by atoms with E-state index in [9.17, 15) is 9.18 Å². The van der Waals surface area contributed by atoms with Crippen LogP contribution in [0.25, 0.3) is 0 Å². The molecule has 0 bridgehead atoms. The molecule has 1 aromatic rings. The molecular formula is C14H15FN2O. The van der Waals surface area contributed by atoms with Crippen molar-refractivity contribution < 1.29 is 9.18 Å². The Hall–Kier alpha value is -1.89. The number of nitrogens with one attached hydrogen (secondary N) is 1. The van der Waals surface area contributed by atoms with E-state index in [0.29, 0.717) is 0 Å². The van der Waals surface area contributed by atoms with E-state index in [1.165, 1.54) is 12.1 Å². The molecule has 94 valence electrons. The molecule has 0 aromatic heterocycles. The minimum Gasteiger partial charge on any atom is -0.323 e. The number of benzene rings is 1. The summed E-state index contributed by atoms with van der Waals surface area (Å²) in [5, 5.41) is 11.3. The van der Waals surface area contributed by atoms with Crippen LogP contribution in [-0.4, -0.2) is 5.91 Å². The average Bonchev–Trinajstić information content (AvgIpc) is 2.80. The molecule has 2 rings (SSSR count). The van der Waals surface area contributed by atoms with Gasteiger partial charge in [-0.2, -0.15) is 5.26 Å². The van der Waals surface area contributed by atoms with Gasteiger partial charge in [0.05, 0.1) is 17.3 Å². The summed E-state index contributed by atoms with van der Waals surface area (Å²) >= 11 is 0. The number of anilines is 1. The van der Waals surface area contributed by atoms with E-state index in [2.05, 4.69) is 5.32 Å². The summed E-state index contributed by atoms with van der Waals surface area (Å²) in [5.41, 5.74) is 0.00469. The molecule has 1 amide bonds. The van der Waals surface area contributed by atoms with E-state index in [0.717, 1.165) is 31.7 Å². The van der Waals surface area contributed by atoms with Gasteiger partial charge in [-0.1, -0.05) is 19.8 Å². The smallest absolute Gasteiger partial charge is 0.230 e. The monoisotopic (exact) mass is 246 g/mol. The number of halogens is 1. The molecule has 0 aliphatic heterocycles. The second-order valence-electron chi connectivity index (χ2n) is 5.03. The summed E-state index contributed by atoms with van der Waals surface area (Å²) in [6.45, 7) is 1.91. The summed E-state index contributed by atoms with van der Waals surface area (Å²) in [4.78, 5) is 12.1. The third-order valence-corrected chi connectivity index (χ3v) is 3.60. The van der Waals surface area contributed by atoms with Gasteiger partial charge in [0.2, 0.25) is 5.91 Å². The van der Waals surface area contributed by atoms with Crippen LogP contribution in [0.4, 0.5) is 10.1 Å². The number of rotatable bonds is 2. The number of nitrogens with zero attached hydrogens (tertiary/aromatic N) is 1. The van der Waals surface area contributed by atoms with Gasteiger partial charge in [0.15, 0.2) is 0 Å². The number of hydrogen-bond acceptors (Lipinski definition) is 2. The highest BCUT2D eigenvalue weighted by Crippen LogP contribution is 2.38. The Morgan fingerprint density at radius 1 is 1.44 bits per heavy atom. The van der Waals surface area contributed by atoms with Crippen LogP contribution in [0.5, 0.6) is 0 Å². The third-order valence-electron chi connectivity index (χ3n) is 3.60. The second-order valence-corrected chi connectivity index (χ2v) is 5.03. The summed E-state index contributed by atoms with van der Waals surface area (Å²) in [6.07, 6.45) is 3.77. The molecule has 0 saturated heterocycles. The number of amides is 1. The lowest BCUT2D eigenvalue weighted by molar-refractivity contribution is -0.124. The summed E-state index contributed by atoms with van der Waals surface area (Å²) in [6, 6.07) is 5.92. The zero-order valence-electron chi connectivity index (χ0n) is 10.3. The van der Waals surface area contributed by atoms with E-state index >= 15 is 0 Å². The maximum atomic E-state index is 13.6. The van der Waals surface area contributed by atoms with Crippen molar-refractivity contribution >= 4 is 11.6 Å². The zero-order valence-corrected chi connectivity index (χ0v) is 10.3. The number of carbonyl (C=O) groups excluding carboxylic acids is 1. The standard InChI is InChI=1S/C14H15FN2O/c1-14(6-2-3-7-14)13(18)17-12-5-4-10(9-16)8-11(12)15/h4-5,8H,2-3,6-7H2,1H3,(H,17,18). The average molecular weight is 246 g/mol. The van der Waals surface area contributed by atoms with Gasteiger partial charge in [-0.25, -0.2) is 4.39 Å². The first kappa shape index (κ1) is 12.6. The lowest BCUT2D eigenvalue weighted by Crippen LogP contribution is -2.31. The Balaban J connectivity index is 2.15. The number of hydrogen-bond donors (Lipinski definition) is 1. The quantitative estimate of drug-likeness (QED) is 0.871. The molecule has 0 heterocycles. The fourth-order valence-corrected chi connectivity index (χ4v) is 2.34. The van der Waals surface area contributed by atoms with Gasteiger partial charge < -0.3 is 5.32 Å². The minimum absolute atomic E-state index is 0.136. The molecule has 3 nitrogen and oxygen atoms in total. The van der Waals surface area contributed by atoms with Gasteiger partial charge >= 0.3 is 0 Å². The van der Waals surface area contributed by atoms with E-state index < -0.39 is 5.82 Å². The molecule has 0 radical (unpaired) electrons. The van der Waals surface area contributed by atoms with Crippen LogP contribution >= 0.6 is 0 Å². The molecule has 0 unspecified atom stereocenters. The normalized spacial score (nSPS) is 17.2. The van der Waals surface area contributed by atoms with Crippen LogP contribution < -0.4 is 5.32 Å².